The van der Waals surface area contributed by atoms with Gasteiger partial charge in [0.15, 0.2) is 9.84 Å². The van der Waals surface area contributed by atoms with E-state index in [0.717, 1.165) is 38.0 Å². The number of allylic oxidation sites excluding steroid dienone is 1. The molecule has 8 nitrogen and oxygen atoms in total. The molecule has 5 aliphatic carbocycles. The molecule has 0 aromatic heterocycles. The molecule has 6 aliphatic rings. The Kier molecular flexibility index (Phi) is 12.2. The average Bonchev–Trinajstić information content (AvgIpc) is 3.46. The van der Waals surface area contributed by atoms with E-state index in [9.17, 15) is 23.1 Å². The van der Waals surface area contributed by atoms with Gasteiger partial charge in [-0.15, -0.1) is 0 Å². The highest BCUT2D eigenvalue weighted by Gasteiger charge is 2.71. The summed E-state index contributed by atoms with van der Waals surface area (Å²) in [7, 11) is -2.92. The molecule has 0 amide bonds. The Morgan fingerprint density at radius 1 is 0.927 bits per heavy atom. The van der Waals surface area contributed by atoms with Gasteiger partial charge in [0.1, 0.15) is 6.10 Å². The van der Waals surface area contributed by atoms with E-state index in [1.807, 2.05) is 25.6 Å². The summed E-state index contributed by atoms with van der Waals surface area (Å²) in [6.45, 7) is 25.5. The quantitative estimate of drug-likeness (QED) is 0.140. The number of thioether (sulfide) groups is 1. The van der Waals surface area contributed by atoms with Gasteiger partial charge in [-0.2, -0.15) is 11.8 Å². The summed E-state index contributed by atoms with van der Waals surface area (Å²) in [5.41, 5.74) is 1.25. The zero-order valence-electron chi connectivity index (χ0n) is 35.9. The van der Waals surface area contributed by atoms with Crippen molar-refractivity contribution in [1.29, 1.82) is 0 Å². The van der Waals surface area contributed by atoms with Crippen LogP contribution in [0.2, 0.25) is 0 Å². The van der Waals surface area contributed by atoms with Crippen LogP contribution in [0, 0.1) is 56.7 Å². The third kappa shape index (κ3) is 7.88. The number of nitrogens with one attached hydrogen (secondary N) is 1. The number of esters is 1. The van der Waals surface area contributed by atoms with Gasteiger partial charge in [-0.05, 0) is 141 Å². The molecule has 0 spiro atoms. The average molecular weight is 805 g/mol. The molecular weight excluding hydrogens is 729 g/mol. The van der Waals surface area contributed by atoms with E-state index in [1.165, 1.54) is 50.5 Å². The number of carboxylic acid groups (broad SMARTS) is 1. The minimum atomic E-state index is -2.92. The number of carbonyl (C=O) groups excluding carboxylic acids is 1. The molecule has 5 saturated carbocycles. The Morgan fingerprint density at radius 2 is 1.62 bits per heavy atom. The van der Waals surface area contributed by atoms with Crippen molar-refractivity contribution in [1.82, 2.24) is 10.2 Å². The van der Waals surface area contributed by atoms with Gasteiger partial charge in [-0.25, -0.2) is 8.42 Å². The van der Waals surface area contributed by atoms with Gasteiger partial charge in [0, 0.05) is 36.6 Å². The molecule has 314 valence electrons. The molecule has 0 unspecified atom stereocenters. The summed E-state index contributed by atoms with van der Waals surface area (Å²) < 4.78 is 31.0. The second-order valence-corrected chi connectivity index (χ2v) is 24.9. The highest BCUT2D eigenvalue weighted by Crippen LogP contribution is 2.76. The van der Waals surface area contributed by atoms with Gasteiger partial charge < -0.3 is 15.2 Å². The number of carbonyl (C=O) groups is 2. The number of nitrogens with zero attached hydrogens (tertiary/aromatic N) is 1. The van der Waals surface area contributed by atoms with Crippen molar-refractivity contribution in [2.24, 2.45) is 56.7 Å². The Bertz CT molecular complexity index is 1570. The van der Waals surface area contributed by atoms with Crippen molar-refractivity contribution < 1.29 is 27.9 Å². The molecule has 1 aliphatic heterocycles. The van der Waals surface area contributed by atoms with Gasteiger partial charge >= 0.3 is 11.9 Å². The summed E-state index contributed by atoms with van der Waals surface area (Å²) in [6, 6.07) is 0.354. The smallest absolute Gasteiger partial charge is 0.306 e. The lowest BCUT2D eigenvalue weighted by molar-refractivity contribution is -0.246. The molecule has 0 aromatic carbocycles. The molecular formula is C45H76N2O6S2. The SMILES string of the molecule is C=C(C)[C@@H]1CC[C@]2(NC[C@@H](CCSC)N3CCS(=O)(=O)CC3)CC[C@]3(C)[C@H](CC[C@@H]4[C@@]5(C)CC[C@H](OC(=O)CC(C)(C)CC(=O)O)C(C)(C)[C@@H]5CC[C@]43C)[C@@H]12. The van der Waals surface area contributed by atoms with E-state index in [0.29, 0.717) is 48.7 Å². The number of rotatable bonds is 13. The van der Waals surface area contributed by atoms with Gasteiger partial charge in [-0.3, -0.25) is 14.5 Å². The number of carboxylic acids is 1. The number of aliphatic carboxylic acids is 1. The summed E-state index contributed by atoms with van der Waals surface area (Å²) in [4.78, 5) is 27.2. The van der Waals surface area contributed by atoms with Crippen LogP contribution in [0.25, 0.3) is 0 Å². The monoisotopic (exact) mass is 805 g/mol. The van der Waals surface area contributed by atoms with Crippen molar-refractivity contribution in [2.45, 2.75) is 157 Å². The molecule has 0 aromatic rings. The minimum absolute atomic E-state index is 0.0480. The van der Waals surface area contributed by atoms with Crippen molar-refractivity contribution in [3.05, 3.63) is 12.2 Å². The van der Waals surface area contributed by atoms with Crippen LogP contribution in [-0.4, -0.2) is 91.2 Å². The molecule has 1 heterocycles. The maximum absolute atomic E-state index is 13.3. The number of hydrogen-bond acceptors (Lipinski definition) is 8. The second kappa shape index (κ2) is 15.5. The fourth-order valence-electron chi connectivity index (χ4n) is 14.8. The highest BCUT2D eigenvalue weighted by molar-refractivity contribution is 7.98. The highest BCUT2D eigenvalue weighted by atomic mass is 32.2. The van der Waals surface area contributed by atoms with E-state index in [1.54, 1.807) is 0 Å². The summed E-state index contributed by atoms with van der Waals surface area (Å²) in [5.74, 6) is 3.30. The van der Waals surface area contributed by atoms with E-state index in [2.05, 4.69) is 64.6 Å². The summed E-state index contributed by atoms with van der Waals surface area (Å²) in [6.07, 6.45) is 14.8. The van der Waals surface area contributed by atoms with Gasteiger partial charge in [0.05, 0.1) is 24.3 Å². The molecule has 11 atom stereocenters. The normalized spacial score (nSPS) is 41.5. The zero-order chi connectivity index (χ0) is 40.4. The standard InChI is InChI=1S/C45H76N2O6S2/c1-30(2)32-13-19-45(46-29-31(16-24-54-10)47-22-25-55(51,52)26-23-47)21-20-43(8)33(39(32)45)11-12-35-42(7)17-15-36(41(5,6)34(42)14-18-44(35,43)9)53-38(50)28-40(3,4)27-37(48)49/h31-36,39,46H,1,11-29H2,2-10H3,(H,48,49)/t31-,32+,33-,34+,35-,36+,39-,42+,43-,44-,45+/m1/s1. The van der Waals surface area contributed by atoms with Gasteiger partial charge in [-0.1, -0.05) is 60.6 Å². The van der Waals surface area contributed by atoms with Gasteiger partial charge in [0.25, 0.3) is 0 Å². The van der Waals surface area contributed by atoms with Crippen LogP contribution in [0.4, 0.5) is 0 Å². The molecule has 55 heavy (non-hydrogen) atoms. The van der Waals surface area contributed by atoms with Crippen LogP contribution >= 0.6 is 11.8 Å². The predicted molar refractivity (Wildman–Crippen MR) is 225 cm³/mol. The van der Waals surface area contributed by atoms with Crippen molar-refractivity contribution in [3.63, 3.8) is 0 Å². The Morgan fingerprint density at radius 3 is 2.25 bits per heavy atom. The number of hydrogen-bond donors (Lipinski definition) is 2. The van der Waals surface area contributed by atoms with Crippen LogP contribution in [0.5, 0.6) is 0 Å². The third-order valence-corrected chi connectivity index (χ3v) is 20.0. The van der Waals surface area contributed by atoms with Gasteiger partial charge in [0.2, 0.25) is 0 Å². The van der Waals surface area contributed by atoms with Crippen LogP contribution in [0.3, 0.4) is 0 Å². The van der Waals surface area contributed by atoms with Crippen LogP contribution in [0.15, 0.2) is 12.2 Å². The number of ether oxygens (including phenoxy) is 1. The summed E-state index contributed by atoms with van der Waals surface area (Å²) in [5, 5.41) is 13.7. The molecule has 0 bridgehead atoms. The molecule has 10 heteroatoms. The van der Waals surface area contributed by atoms with Crippen molar-refractivity contribution >= 4 is 33.5 Å². The van der Waals surface area contributed by atoms with Crippen molar-refractivity contribution in [2.75, 3.05) is 43.1 Å². The first-order chi connectivity index (χ1) is 25.5. The Hall–Kier alpha value is -1.10. The first kappa shape index (κ1) is 43.5. The Balaban J connectivity index is 1.21. The fourth-order valence-corrected chi connectivity index (χ4v) is 16.5. The lowest BCUT2D eigenvalue weighted by Crippen LogP contribution is -2.69. The van der Waals surface area contributed by atoms with E-state index in [4.69, 9.17) is 4.74 Å². The maximum Gasteiger partial charge on any atom is 0.306 e. The lowest BCUT2D eigenvalue weighted by Gasteiger charge is -2.73. The lowest BCUT2D eigenvalue weighted by atomic mass is 9.32. The largest absolute Gasteiger partial charge is 0.481 e. The zero-order valence-corrected chi connectivity index (χ0v) is 37.6. The fraction of sp³-hybridized carbons (Fsp3) is 0.911. The predicted octanol–water partition coefficient (Wildman–Crippen LogP) is 8.64. The molecule has 1 saturated heterocycles. The second-order valence-electron chi connectivity index (χ2n) is 21.6. The maximum atomic E-state index is 13.3. The topological polar surface area (TPSA) is 113 Å². The Labute approximate surface area is 338 Å². The van der Waals surface area contributed by atoms with Crippen molar-refractivity contribution in [3.8, 4) is 0 Å². The molecule has 6 rings (SSSR count). The number of fused-ring (bicyclic) bond motifs is 7. The molecule has 6 fully saturated rings. The van der Waals surface area contributed by atoms with E-state index in [-0.39, 0.29) is 63.6 Å². The first-order valence-electron chi connectivity index (χ1n) is 21.8. The van der Waals surface area contributed by atoms with Crippen LogP contribution < -0.4 is 5.32 Å². The van der Waals surface area contributed by atoms with Crippen LogP contribution in [0.1, 0.15) is 139 Å². The first-order valence-corrected chi connectivity index (χ1v) is 25.0. The molecule has 2 N–H and O–H groups in total. The van der Waals surface area contributed by atoms with E-state index >= 15 is 0 Å². The molecule has 0 radical (unpaired) electrons. The van der Waals surface area contributed by atoms with E-state index < -0.39 is 21.2 Å². The minimum Gasteiger partial charge on any atom is -0.481 e. The number of sulfone groups is 1. The summed E-state index contributed by atoms with van der Waals surface area (Å²) >= 11 is 1.89. The third-order valence-electron chi connectivity index (χ3n) is 17.8. The van der Waals surface area contributed by atoms with Crippen LogP contribution in [-0.2, 0) is 24.2 Å².